The Morgan fingerprint density at radius 2 is 2.00 bits per heavy atom. The van der Waals surface area contributed by atoms with Crippen molar-refractivity contribution in [1.29, 1.82) is 0 Å². The average Bonchev–Trinajstić information content (AvgIpc) is 2.21. The Labute approximate surface area is 86.7 Å². The number of carbonyl (C=O) groups excluding carboxylic acids is 1. The minimum atomic E-state index is -0.600. The molecule has 2 nitrogen and oxygen atoms in total. The number of hydrogen-bond acceptors (Lipinski definition) is 2. The summed E-state index contributed by atoms with van der Waals surface area (Å²) in [5.74, 6) is 0.505. The van der Waals surface area contributed by atoms with Gasteiger partial charge in [-0.2, -0.15) is 0 Å². The molecule has 1 N–H and O–H groups in total. The predicted molar refractivity (Wildman–Crippen MR) is 57.1 cm³/mol. The van der Waals surface area contributed by atoms with Gasteiger partial charge in [-0.15, -0.1) is 0 Å². The molecule has 1 saturated carbocycles. The molecule has 0 spiro atoms. The summed E-state index contributed by atoms with van der Waals surface area (Å²) >= 11 is 0. The van der Waals surface area contributed by atoms with Crippen molar-refractivity contribution in [2.24, 2.45) is 5.92 Å². The number of rotatable bonds is 4. The van der Waals surface area contributed by atoms with Gasteiger partial charge in [0.1, 0.15) is 5.78 Å². The number of Topliss-reactive ketones (excluding diaryl/α,β-unsaturated/α-hetero) is 1. The van der Waals surface area contributed by atoms with Crippen LogP contribution >= 0.6 is 0 Å². The van der Waals surface area contributed by atoms with E-state index in [-0.39, 0.29) is 5.92 Å². The average molecular weight is 198 g/mol. The van der Waals surface area contributed by atoms with Gasteiger partial charge in [-0.1, -0.05) is 20.3 Å². The van der Waals surface area contributed by atoms with Crippen molar-refractivity contribution in [2.45, 2.75) is 64.4 Å². The molecule has 0 radical (unpaired) electrons. The van der Waals surface area contributed by atoms with Crippen LogP contribution in [0.25, 0.3) is 0 Å². The van der Waals surface area contributed by atoms with Gasteiger partial charge in [0.15, 0.2) is 0 Å². The topological polar surface area (TPSA) is 37.3 Å². The van der Waals surface area contributed by atoms with Crippen molar-refractivity contribution in [1.82, 2.24) is 0 Å². The van der Waals surface area contributed by atoms with Gasteiger partial charge in [0.25, 0.3) is 0 Å². The summed E-state index contributed by atoms with van der Waals surface area (Å²) in [6, 6.07) is 0. The first kappa shape index (κ1) is 11.7. The highest BCUT2D eigenvalue weighted by atomic mass is 16.3. The molecule has 82 valence electrons. The van der Waals surface area contributed by atoms with Gasteiger partial charge < -0.3 is 5.11 Å². The monoisotopic (exact) mass is 198 g/mol. The van der Waals surface area contributed by atoms with Gasteiger partial charge in [-0.05, 0) is 32.1 Å². The maximum absolute atomic E-state index is 11.6. The summed E-state index contributed by atoms with van der Waals surface area (Å²) < 4.78 is 0. The molecule has 0 aromatic rings. The van der Waals surface area contributed by atoms with Crippen LogP contribution in [0.1, 0.15) is 58.8 Å². The quantitative estimate of drug-likeness (QED) is 0.754. The molecule has 0 bridgehead atoms. The molecule has 1 fully saturated rings. The van der Waals surface area contributed by atoms with Crippen LogP contribution in [0.5, 0.6) is 0 Å². The molecule has 2 heteroatoms. The van der Waals surface area contributed by atoms with Crippen LogP contribution in [-0.2, 0) is 4.79 Å². The molecule has 0 saturated heterocycles. The van der Waals surface area contributed by atoms with Crippen LogP contribution in [0.3, 0.4) is 0 Å². The normalized spacial score (nSPS) is 23.9. The van der Waals surface area contributed by atoms with E-state index in [1.54, 1.807) is 0 Å². The maximum atomic E-state index is 11.6. The molecular formula is C12H22O2. The van der Waals surface area contributed by atoms with Crippen LogP contribution in [-0.4, -0.2) is 16.5 Å². The summed E-state index contributed by atoms with van der Waals surface area (Å²) in [7, 11) is 0. The lowest BCUT2D eigenvalue weighted by molar-refractivity contribution is -0.127. The lowest BCUT2D eigenvalue weighted by Crippen LogP contribution is -2.33. The lowest BCUT2D eigenvalue weighted by atomic mass is 9.78. The van der Waals surface area contributed by atoms with E-state index in [9.17, 15) is 9.90 Å². The Balaban J connectivity index is 2.52. The standard InChI is InChI=1S/C12H22O2/c1-3-12(14,4-2)9-10-7-5-6-8-11(10)13/h10,14H,3-9H2,1-2H3. The summed E-state index contributed by atoms with van der Waals surface area (Å²) in [5, 5.41) is 10.1. The third kappa shape index (κ3) is 2.81. The smallest absolute Gasteiger partial charge is 0.136 e. The van der Waals surface area contributed by atoms with E-state index >= 15 is 0 Å². The Kier molecular flexibility index (Phi) is 4.11. The SMILES string of the molecule is CCC(O)(CC)CC1CCCCC1=O. The molecule has 1 aliphatic carbocycles. The fourth-order valence-electron chi connectivity index (χ4n) is 2.27. The number of ketones is 1. The molecule has 0 aliphatic heterocycles. The fourth-order valence-corrected chi connectivity index (χ4v) is 2.27. The van der Waals surface area contributed by atoms with Gasteiger partial charge in [-0.25, -0.2) is 0 Å². The van der Waals surface area contributed by atoms with Gasteiger partial charge in [0, 0.05) is 12.3 Å². The molecule has 1 rings (SSSR count). The molecule has 0 aromatic carbocycles. The largest absolute Gasteiger partial charge is 0.390 e. The van der Waals surface area contributed by atoms with Crippen molar-refractivity contribution < 1.29 is 9.90 Å². The summed E-state index contributed by atoms with van der Waals surface area (Å²) in [6.07, 6.45) is 6.11. The van der Waals surface area contributed by atoms with E-state index < -0.39 is 5.60 Å². The Hall–Kier alpha value is -0.370. The van der Waals surface area contributed by atoms with Crippen LogP contribution in [0, 0.1) is 5.92 Å². The van der Waals surface area contributed by atoms with Crippen molar-refractivity contribution in [2.75, 3.05) is 0 Å². The maximum Gasteiger partial charge on any atom is 0.136 e. The molecule has 0 amide bonds. The third-order valence-corrected chi connectivity index (χ3v) is 3.62. The first-order valence-electron chi connectivity index (χ1n) is 5.86. The van der Waals surface area contributed by atoms with Crippen molar-refractivity contribution >= 4 is 5.78 Å². The van der Waals surface area contributed by atoms with Gasteiger partial charge in [0.05, 0.1) is 5.60 Å². The number of hydrogen-bond donors (Lipinski definition) is 1. The highest BCUT2D eigenvalue weighted by molar-refractivity contribution is 5.81. The summed E-state index contributed by atoms with van der Waals surface area (Å²) in [6.45, 7) is 3.99. The first-order valence-corrected chi connectivity index (χ1v) is 5.86. The van der Waals surface area contributed by atoms with E-state index in [4.69, 9.17) is 0 Å². The van der Waals surface area contributed by atoms with E-state index in [2.05, 4.69) is 0 Å². The Morgan fingerprint density at radius 3 is 2.50 bits per heavy atom. The molecule has 1 unspecified atom stereocenters. The van der Waals surface area contributed by atoms with Crippen molar-refractivity contribution in [3.8, 4) is 0 Å². The zero-order chi connectivity index (χ0) is 10.6. The van der Waals surface area contributed by atoms with Crippen LogP contribution in [0.2, 0.25) is 0 Å². The van der Waals surface area contributed by atoms with E-state index in [0.29, 0.717) is 12.2 Å². The highest BCUT2D eigenvalue weighted by Gasteiger charge is 2.31. The Morgan fingerprint density at radius 1 is 1.36 bits per heavy atom. The highest BCUT2D eigenvalue weighted by Crippen LogP contribution is 2.31. The summed E-state index contributed by atoms with van der Waals surface area (Å²) in [4.78, 5) is 11.6. The molecule has 0 heterocycles. The lowest BCUT2D eigenvalue weighted by Gasteiger charge is -2.31. The summed E-state index contributed by atoms with van der Waals surface area (Å²) in [5.41, 5.74) is -0.600. The fraction of sp³-hybridized carbons (Fsp3) is 0.917. The predicted octanol–water partition coefficient (Wildman–Crippen LogP) is 2.69. The molecular weight excluding hydrogens is 176 g/mol. The van der Waals surface area contributed by atoms with E-state index in [1.165, 1.54) is 0 Å². The number of aliphatic hydroxyl groups is 1. The van der Waals surface area contributed by atoms with Gasteiger partial charge >= 0.3 is 0 Å². The van der Waals surface area contributed by atoms with Crippen LogP contribution in [0.15, 0.2) is 0 Å². The van der Waals surface area contributed by atoms with E-state index in [0.717, 1.165) is 38.5 Å². The van der Waals surface area contributed by atoms with Crippen LogP contribution in [0.4, 0.5) is 0 Å². The van der Waals surface area contributed by atoms with E-state index in [1.807, 2.05) is 13.8 Å². The first-order chi connectivity index (χ1) is 6.61. The van der Waals surface area contributed by atoms with Crippen LogP contribution < -0.4 is 0 Å². The molecule has 0 aromatic heterocycles. The minimum Gasteiger partial charge on any atom is -0.390 e. The molecule has 1 aliphatic rings. The number of carbonyl (C=O) groups is 1. The third-order valence-electron chi connectivity index (χ3n) is 3.62. The zero-order valence-electron chi connectivity index (χ0n) is 9.38. The zero-order valence-corrected chi connectivity index (χ0v) is 9.38. The molecule has 1 atom stereocenters. The second kappa shape index (κ2) is 4.92. The molecule has 14 heavy (non-hydrogen) atoms. The van der Waals surface area contributed by atoms with Crippen molar-refractivity contribution in [3.05, 3.63) is 0 Å². The van der Waals surface area contributed by atoms with Gasteiger partial charge in [-0.3, -0.25) is 4.79 Å². The minimum absolute atomic E-state index is 0.133. The second-order valence-corrected chi connectivity index (χ2v) is 4.54. The second-order valence-electron chi connectivity index (χ2n) is 4.54. The van der Waals surface area contributed by atoms with Gasteiger partial charge in [0.2, 0.25) is 0 Å². The van der Waals surface area contributed by atoms with Crippen molar-refractivity contribution in [3.63, 3.8) is 0 Å². The Bertz CT molecular complexity index is 194.